The predicted molar refractivity (Wildman–Crippen MR) is 72.7 cm³/mol. The topological polar surface area (TPSA) is 70.2 Å². The molecule has 0 unspecified atom stereocenters. The third kappa shape index (κ3) is 3.22. The van der Waals surface area contributed by atoms with Gasteiger partial charge in [-0.05, 0) is 44.0 Å². The quantitative estimate of drug-likeness (QED) is 0.763. The number of hydrogen-bond donors (Lipinski definition) is 3. The van der Waals surface area contributed by atoms with E-state index < -0.39 is 10.2 Å². The Hall–Kier alpha value is -1.11. The zero-order valence-electron chi connectivity index (χ0n) is 10.7. The molecular weight excluding hydrogens is 250 g/mol. The van der Waals surface area contributed by atoms with E-state index in [4.69, 9.17) is 0 Å². The number of nitrogens with one attached hydrogen (secondary N) is 3. The van der Waals surface area contributed by atoms with Gasteiger partial charge in [-0.25, -0.2) is 0 Å². The van der Waals surface area contributed by atoms with E-state index in [1.54, 1.807) is 19.9 Å². The Morgan fingerprint density at radius 1 is 1.33 bits per heavy atom. The maximum Gasteiger partial charge on any atom is 0.299 e. The molecule has 1 aromatic rings. The zero-order valence-corrected chi connectivity index (χ0v) is 11.5. The van der Waals surface area contributed by atoms with Gasteiger partial charge >= 0.3 is 0 Å². The normalized spacial score (nSPS) is 15.5. The summed E-state index contributed by atoms with van der Waals surface area (Å²) in [6.07, 6.45) is 0.933. The van der Waals surface area contributed by atoms with Crippen LogP contribution in [0.3, 0.4) is 0 Å². The van der Waals surface area contributed by atoms with Crippen molar-refractivity contribution in [3.05, 3.63) is 29.3 Å². The molecule has 1 aromatic carbocycles. The van der Waals surface area contributed by atoms with Crippen LogP contribution >= 0.6 is 0 Å². The Kier molecular flexibility index (Phi) is 3.89. The lowest BCUT2D eigenvalue weighted by Crippen LogP contribution is -2.36. The lowest BCUT2D eigenvalue weighted by Gasteiger charge is -2.21. The second kappa shape index (κ2) is 5.26. The van der Waals surface area contributed by atoms with Gasteiger partial charge in [0.1, 0.15) is 0 Å². The van der Waals surface area contributed by atoms with Crippen molar-refractivity contribution in [1.82, 2.24) is 10.0 Å². The SMILES string of the molecule is CC(C)NS(=O)(=O)Nc1cccc2c1CNCC2. The summed E-state index contributed by atoms with van der Waals surface area (Å²) in [5.41, 5.74) is 2.91. The first-order valence-electron chi connectivity index (χ1n) is 6.09. The van der Waals surface area contributed by atoms with Crippen LogP contribution in [0.15, 0.2) is 18.2 Å². The van der Waals surface area contributed by atoms with E-state index in [2.05, 4.69) is 14.8 Å². The second-order valence-electron chi connectivity index (χ2n) is 4.75. The Morgan fingerprint density at radius 3 is 2.83 bits per heavy atom. The molecule has 1 heterocycles. The standard InChI is InChI=1S/C12H19N3O2S/c1-9(2)14-18(16,17)15-12-5-3-4-10-6-7-13-8-11(10)12/h3-5,9,13-15H,6-8H2,1-2H3. The molecule has 0 aliphatic carbocycles. The van der Waals surface area contributed by atoms with Crippen LogP contribution in [-0.4, -0.2) is 21.0 Å². The third-order valence-corrected chi connectivity index (χ3v) is 4.05. The van der Waals surface area contributed by atoms with Crippen LogP contribution in [0.25, 0.3) is 0 Å². The average molecular weight is 269 g/mol. The average Bonchev–Trinajstić information content (AvgIpc) is 2.27. The summed E-state index contributed by atoms with van der Waals surface area (Å²) < 4.78 is 28.8. The lowest BCUT2D eigenvalue weighted by molar-refractivity contribution is 0.575. The number of rotatable bonds is 4. The summed E-state index contributed by atoms with van der Waals surface area (Å²) in [7, 11) is -3.50. The maximum atomic E-state index is 11.9. The predicted octanol–water partition coefficient (Wildman–Crippen LogP) is 0.987. The molecule has 100 valence electrons. The minimum Gasteiger partial charge on any atom is -0.312 e. The molecule has 0 atom stereocenters. The largest absolute Gasteiger partial charge is 0.312 e. The van der Waals surface area contributed by atoms with Crippen molar-refractivity contribution < 1.29 is 8.42 Å². The summed E-state index contributed by atoms with van der Waals surface area (Å²) in [6.45, 7) is 5.23. The van der Waals surface area contributed by atoms with Crippen LogP contribution < -0.4 is 14.8 Å². The summed E-state index contributed by atoms with van der Waals surface area (Å²) >= 11 is 0. The first-order valence-corrected chi connectivity index (χ1v) is 7.58. The molecular formula is C12H19N3O2S. The van der Waals surface area contributed by atoms with E-state index in [0.717, 1.165) is 18.5 Å². The van der Waals surface area contributed by atoms with Crippen molar-refractivity contribution in [2.75, 3.05) is 11.3 Å². The number of hydrogen-bond acceptors (Lipinski definition) is 3. The van der Waals surface area contributed by atoms with Gasteiger partial charge in [0, 0.05) is 12.6 Å². The molecule has 0 saturated heterocycles. The van der Waals surface area contributed by atoms with Crippen molar-refractivity contribution >= 4 is 15.9 Å². The van der Waals surface area contributed by atoms with E-state index in [1.807, 2.05) is 12.1 Å². The van der Waals surface area contributed by atoms with E-state index in [1.165, 1.54) is 5.56 Å². The Balaban J connectivity index is 2.24. The molecule has 2 rings (SSSR count). The molecule has 5 nitrogen and oxygen atoms in total. The summed E-state index contributed by atoms with van der Waals surface area (Å²) in [5.74, 6) is 0. The molecule has 0 radical (unpaired) electrons. The van der Waals surface area contributed by atoms with Crippen LogP contribution in [-0.2, 0) is 23.2 Å². The number of fused-ring (bicyclic) bond motifs is 1. The van der Waals surface area contributed by atoms with Crippen LogP contribution in [0.5, 0.6) is 0 Å². The van der Waals surface area contributed by atoms with Crippen molar-refractivity contribution in [2.45, 2.75) is 32.9 Å². The first-order chi connectivity index (χ1) is 8.48. The number of benzene rings is 1. The van der Waals surface area contributed by atoms with E-state index in [9.17, 15) is 8.42 Å². The van der Waals surface area contributed by atoms with Crippen molar-refractivity contribution in [3.8, 4) is 0 Å². The molecule has 0 saturated carbocycles. The highest BCUT2D eigenvalue weighted by atomic mass is 32.2. The van der Waals surface area contributed by atoms with Crippen LogP contribution in [0.1, 0.15) is 25.0 Å². The Morgan fingerprint density at radius 2 is 2.11 bits per heavy atom. The maximum absolute atomic E-state index is 11.9. The van der Waals surface area contributed by atoms with E-state index in [-0.39, 0.29) is 6.04 Å². The molecule has 1 aliphatic rings. The van der Waals surface area contributed by atoms with Gasteiger partial charge in [-0.3, -0.25) is 4.72 Å². The van der Waals surface area contributed by atoms with E-state index in [0.29, 0.717) is 12.2 Å². The molecule has 0 spiro atoms. The molecule has 3 N–H and O–H groups in total. The van der Waals surface area contributed by atoms with Gasteiger partial charge < -0.3 is 5.32 Å². The summed E-state index contributed by atoms with van der Waals surface area (Å²) in [4.78, 5) is 0. The fraction of sp³-hybridized carbons (Fsp3) is 0.500. The fourth-order valence-corrected chi connectivity index (χ4v) is 3.25. The second-order valence-corrected chi connectivity index (χ2v) is 6.19. The Bertz CT molecular complexity index is 526. The summed E-state index contributed by atoms with van der Waals surface area (Å²) in [5, 5.41) is 3.25. The van der Waals surface area contributed by atoms with Gasteiger partial charge in [0.25, 0.3) is 10.2 Å². The van der Waals surface area contributed by atoms with E-state index >= 15 is 0 Å². The van der Waals surface area contributed by atoms with Gasteiger partial charge in [0.2, 0.25) is 0 Å². The highest BCUT2D eigenvalue weighted by Gasteiger charge is 2.17. The molecule has 0 aromatic heterocycles. The van der Waals surface area contributed by atoms with Crippen molar-refractivity contribution in [2.24, 2.45) is 0 Å². The van der Waals surface area contributed by atoms with Gasteiger partial charge in [-0.1, -0.05) is 12.1 Å². The molecule has 0 amide bonds. The van der Waals surface area contributed by atoms with Crippen LogP contribution in [0.4, 0.5) is 5.69 Å². The molecule has 6 heteroatoms. The highest BCUT2D eigenvalue weighted by Crippen LogP contribution is 2.23. The van der Waals surface area contributed by atoms with Gasteiger partial charge in [-0.2, -0.15) is 13.1 Å². The minimum absolute atomic E-state index is 0.125. The molecule has 0 fully saturated rings. The van der Waals surface area contributed by atoms with Gasteiger partial charge in [0.05, 0.1) is 5.69 Å². The Labute approximate surface area is 108 Å². The van der Waals surface area contributed by atoms with Crippen molar-refractivity contribution in [1.29, 1.82) is 0 Å². The third-order valence-electron chi connectivity index (χ3n) is 2.78. The van der Waals surface area contributed by atoms with Crippen molar-refractivity contribution in [3.63, 3.8) is 0 Å². The van der Waals surface area contributed by atoms with Gasteiger partial charge in [0.15, 0.2) is 0 Å². The van der Waals surface area contributed by atoms with Gasteiger partial charge in [-0.15, -0.1) is 0 Å². The first kappa shape index (κ1) is 13.3. The highest BCUT2D eigenvalue weighted by molar-refractivity contribution is 7.90. The zero-order chi connectivity index (χ0) is 13.2. The smallest absolute Gasteiger partial charge is 0.299 e. The molecule has 1 aliphatic heterocycles. The fourth-order valence-electron chi connectivity index (χ4n) is 2.09. The monoisotopic (exact) mass is 269 g/mol. The molecule has 18 heavy (non-hydrogen) atoms. The summed E-state index contributed by atoms with van der Waals surface area (Å²) in [6, 6.07) is 5.60. The minimum atomic E-state index is -3.50. The van der Waals surface area contributed by atoms with Crippen LogP contribution in [0, 0.1) is 0 Å². The lowest BCUT2D eigenvalue weighted by atomic mass is 10.00. The number of anilines is 1. The molecule has 0 bridgehead atoms. The van der Waals surface area contributed by atoms with Crippen LogP contribution in [0.2, 0.25) is 0 Å².